The number of hydrogen-bond acceptors (Lipinski definition) is 7. The molecule has 3 atom stereocenters. The first kappa shape index (κ1) is 28.0. The van der Waals surface area contributed by atoms with Crippen molar-refractivity contribution in [2.24, 2.45) is 10.9 Å². The van der Waals surface area contributed by atoms with Crippen LogP contribution in [0.15, 0.2) is 58.7 Å². The highest BCUT2D eigenvalue weighted by atomic mass is 32.2. The van der Waals surface area contributed by atoms with E-state index in [0.29, 0.717) is 42.2 Å². The molecule has 1 aliphatic heterocycles. The van der Waals surface area contributed by atoms with Crippen LogP contribution in [-0.4, -0.2) is 49.8 Å². The molecule has 0 radical (unpaired) electrons. The van der Waals surface area contributed by atoms with E-state index in [-0.39, 0.29) is 17.7 Å². The van der Waals surface area contributed by atoms with Crippen LogP contribution in [0, 0.1) is 5.92 Å². The number of nitrogens with zero attached hydrogens (tertiary/aromatic N) is 1. The first-order valence-electron chi connectivity index (χ1n) is 13.3. The van der Waals surface area contributed by atoms with Crippen molar-refractivity contribution < 1.29 is 23.8 Å². The quantitative estimate of drug-likeness (QED) is 0.269. The largest absolute Gasteiger partial charge is 0.493 e. The van der Waals surface area contributed by atoms with E-state index in [1.165, 1.54) is 5.56 Å². The number of aryl methyl sites for hydroxylation is 1. The van der Waals surface area contributed by atoms with Crippen molar-refractivity contribution in [3.63, 3.8) is 0 Å². The van der Waals surface area contributed by atoms with Crippen molar-refractivity contribution in [2.45, 2.75) is 51.9 Å². The molecule has 0 saturated heterocycles. The Morgan fingerprint density at radius 3 is 2.34 bits per heavy atom. The highest BCUT2D eigenvalue weighted by molar-refractivity contribution is 7.99. The lowest BCUT2D eigenvalue weighted by Crippen LogP contribution is -2.41. The third-order valence-electron chi connectivity index (χ3n) is 7.47. The number of rotatable bonds is 10. The van der Waals surface area contributed by atoms with Crippen LogP contribution in [0.4, 0.5) is 0 Å². The van der Waals surface area contributed by atoms with Crippen LogP contribution in [0.2, 0.25) is 0 Å². The Labute approximate surface area is 229 Å². The Balaban J connectivity index is 1.71. The molecule has 1 aliphatic carbocycles. The molecule has 7 heteroatoms. The predicted octanol–water partition coefficient (Wildman–Crippen LogP) is 6.14. The zero-order valence-electron chi connectivity index (χ0n) is 22.9. The molecule has 4 rings (SSSR count). The summed E-state index contributed by atoms with van der Waals surface area (Å²) in [5, 5.41) is 0. The number of allylic oxidation sites excluding steroid dienone is 1. The highest BCUT2D eigenvalue weighted by Gasteiger charge is 2.46. The molecule has 202 valence electrons. The summed E-state index contributed by atoms with van der Waals surface area (Å²) < 4.78 is 16.6. The SMILES string of the molecule is CCSCCOC(=O)C1=C(C)N=C2C[C@@H](c3ccc(OC)c(OC)c3)CC(=O)C2[C@H]1c1ccc(CC)cc1. The molecule has 2 aromatic rings. The fourth-order valence-corrected chi connectivity index (χ4v) is 6.01. The van der Waals surface area contributed by atoms with Crippen molar-refractivity contribution in [3.05, 3.63) is 70.4 Å². The third kappa shape index (κ3) is 5.83. The van der Waals surface area contributed by atoms with Gasteiger partial charge in [-0.1, -0.05) is 44.2 Å². The molecular formula is C31H37NO5S. The molecule has 1 unspecified atom stereocenters. The molecule has 0 bridgehead atoms. The lowest BCUT2D eigenvalue weighted by Gasteiger charge is -2.38. The average Bonchev–Trinajstić information content (AvgIpc) is 2.94. The van der Waals surface area contributed by atoms with E-state index in [2.05, 4.69) is 26.0 Å². The van der Waals surface area contributed by atoms with Gasteiger partial charge in [-0.25, -0.2) is 4.79 Å². The Bertz CT molecular complexity index is 1230. The number of methoxy groups -OCH3 is 2. The summed E-state index contributed by atoms with van der Waals surface area (Å²) in [6, 6.07) is 14.1. The molecule has 0 amide bonds. The Morgan fingerprint density at radius 2 is 1.68 bits per heavy atom. The summed E-state index contributed by atoms with van der Waals surface area (Å²) in [4.78, 5) is 32.1. The van der Waals surface area contributed by atoms with Crippen LogP contribution >= 0.6 is 11.8 Å². The standard InChI is InChI=1S/C31H37NO5S/c1-6-20-8-10-21(11-9-20)29-28(31(34)37-14-15-38-7-2)19(3)32-24-16-23(17-25(33)30(24)29)22-12-13-26(35-4)27(18-22)36-5/h8-13,18,23,29-30H,6-7,14-17H2,1-5H3/t23-,29+,30?/m1/s1. The fraction of sp³-hybridized carbons (Fsp3) is 0.452. The van der Waals surface area contributed by atoms with Crippen LogP contribution < -0.4 is 9.47 Å². The van der Waals surface area contributed by atoms with E-state index >= 15 is 0 Å². The molecular weight excluding hydrogens is 498 g/mol. The van der Waals surface area contributed by atoms with Gasteiger partial charge in [-0.05, 0) is 60.3 Å². The van der Waals surface area contributed by atoms with Gasteiger partial charge >= 0.3 is 5.97 Å². The lowest BCUT2D eigenvalue weighted by molar-refractivity contribution is -0.139. The topological polar surface area (TPSA) is 74.2 Å². The molecule has 1 fully saturated rings. The average molecular weight is 536 g/mol. The predicted molar refractivity (Wildman–Crippen MR) is 153 cm³/mol. The number of fused-ring (bicyclic) bond motifs is 1. The summed E-state index contributed by atoms with van der Waals surface area (Å²) in [5.74, 6) is 1.83. The van der Waals surface area contributed by atoms with E-state index in [9.17, 15) is 9.59 Å². The molecule has 38 heavy (non-hydrogen) atoms. The van der Waals surface area contributed by atoms with Crippen molar-refractivity contribution in [1.29, 1.82) is 0 Å². The van der Waals surface area contributed by atoms with Crippen LogP contribution in [0.25, 0.3) is 0 Å². The zero-order chi connectivity index (χ0) is 27.2. The van der Waals surface area contributed by atoms with Gasteiger partial charge < -0.3 is 14.2 Å². The number of hydrogen-bond donors (Lipinski definition) is 0. The summed E-state index contributed by atoms with van der Waals surface area (Å²) in [6.45, 7) is 6.39. The number of Topliss-reactive ketones (excluding diaryl/α,β-unsaturated/α-hetero) is 1. The number of thioether (sulfide) groups is 1. The summed E-state index contributed by atoms with van der Waals surface area (Å²) in [6.07, 6.45) is 1.94. The second-order valence-electron chi connectivity index (χ2n) is 9.67. The summed E-state index contributed by atoms with van der Waals surface area (Å²) in [7, 11) is 3.22. The maximum absolute atomic E-state index is 13.9. The maximum atomic E-state index is 13.9. The molecule has 0 spiro atoms. The van der Waals surface area contributed by atoms with Crippen LogP contribution in [0.3, 0.4) is 0 Å². The third-order valence-corrected chi connectivity index (χ3v) is 8.33. The Hall–Kier alpha value is -3.06. The van der Waals surface area contributed by atoms with Crippen molar-refractivity contribution >= 4 is 29.2 Å². The van der Waals surface area contributed by atoms with Crippen molar-refractivity contribution in [3.8, 4) is 11.5 Å². The minimum absolute atomic E-state index is 0.0206. The van der Waals surface area contributed by atoms with Gasteiger partial charge in [-0.2, -0.15) is 11.8 Å². The number of ether oxygens (including phenoxy) is 3. The van der Waals surface area contributed by atoms with Crippen molar-refractivity contribution in [1.82, 2.24) is 0 Å². The number of esters is 1. The van der Waals surface area contributed by atoms with Crippen molar-refractivity contribution in [2.75, 3.05) is 32.3 Å². The number of aliphatic imine (C=N–C) groups is 1. The highest BCUT2D eigenvalue weighted by Crippen LogP contribution is 2.46. The van der Waals surface area contributed by atoms with Gasteiger partial charge in [0.2, 0.25) is 0 Å². The van der Waals surface area contributed by atoms with Crippen LogP contribution in [0.5, 0.6) is 11.5 Å². The minimum Gasteiger partial charge on any atom is -0.493 e. The number of carbonyl (C=O) groups is 2. The molecule has 1 heterocycles. The molecule has 2 aromatic carbocycles. The zero-order valence-corrected chi connectivity index (χ0v) is 23.7. The molecule has 0 aromatic heterocycles. The normalized spacial score (nSPS) is 21.0. The monoisotopic (exact) mass is 535 g/mol. The summed E-state index contributed by atoms with van der Waals surface area (Å²) >= 11 is 1.73. The van der Waals surface area contributed by atoms with Gasteiger partial charge in [-0.15, -0.1) is 0 Å². The minimum atomic E-state index is -0.477. The van der Waals surface area contributed by atoms with Crippen LogP contribution in [0.1, 0.15) is 62.1 Å². The first-order chi connectivity index (χ1) is 18.4. The van der Waals surface area contributed by atoms with E-state index in [1.807, 2.05) is 37.3 Å². The van der Waals surface area contributed by atoms with E-state index in [4.69, 9.17) is 19.2 Å². The lowest BCUT2D eigenvalue weighted by atomic mass is 9.66. The fourth-order valence-electron chi connectivity index (χ4n) is 5.52. The number of carbonyl (C=O) groups excluding carboxylic acids is 2. The smallest absolute Gasteiger partial charge is 0.336 e. The van der Waals surface area contributed by atoms with Gasteiger partial charge in [0.25, 0.3) is 0 Å². The number of benzene rings is 2. The Morgan fingerprint density at radius 1 is 0.974 bits per heavy atom. The Kier molecular flexibility index (Phi) is 9.31. The summed E-state index contributed by atoms with van der Waals surface area (Å²) in [5.41, 5.74) is 5.15. The van der Waals surface area contributed by atoms with Gasteiger partial charge in [-0.3, -0.25) is 9.79 Å². The first-order valence-corrected chi connectivity index (χ1v) is 14.4. The van der Waals surface area contributed by atoms with Gasteiger partial charge in [0.1, 0.15) is 12.4 Å². The van der Waals surface area contributed by atoms with Gasteiger partial charge in [0.05, 0.1) is 25.7 Å². The number of ketones is 1. The van der Waals surface area contributed by atoms with E-state index < -0.39 is 11.8 Å². The maximum Gasteiger partial charge on any atom is 0.336 e. The van der Waals surface area contributed by atoms with E-state index in [1.54, 1.807) is 26.0 Å². The molecule has 1 saturated carbocycles. The van der Waals surface area contributed by atoms with Gasteiger partial charge in [0.15, 0.2) is 11.5 Å². The van der Waals surface area contributed by atoms with Crippen LogP contribution in [-0.2, 0) is 20.7 Å². The molecule has 6 nitrogen and oxygen atoms in total. The second kappa shape index (κ2) is 12.7. The second-order valence-corrected chi connectivity index (χ2v) is 11.1. The molecule has 2 aliphatic rings. The van der Waals surface area contributed by atoms with E-state index in [0.717, 1.165) is 34.8 Å². The molecule has 0 N–H and O–H groups in total. The van der Waals surface area contributed by atoms with Gasteiger partial charge in [0, 0.05) is 29.5 Å².